The molecule has 0 aliphatic heterocycles. The van der Waals surface area contributed by atoms with Crippen molar-refractivity contribution in [1.29, 1.82) is 5.26 Å². The molecular formula is C13H16N2O2. The first-order chi connectivity index (χ1) is 8.22. The number of phenolic OH excluding ortho intramolecular Hbond substituents is 1. The molecule has 1 aromatic rings. The van der Waals surface area contributed by atoms with E-state index in [0.29, 0.717) is 13.0 Å². The quantitative estimate of drug-likeness (QED) is 0.734. The molecule has 0 unspecified atom stereocenters. The lowest BCUT2D eigenvalue weighted by molar-refractivity contribution is -0.120. The highest BCUT2D eigenvalue weighted by molar-refractivity contribution is 5.78. The summed E-state index contributed by atoms with van der Waals surface area (Å²) in [6.45, 7) is 0.597. The molecule has 0 aliphatic carbocycles. The summed E-state index contributed by atoms with van der Waals surface area (Å²) in [5, 5.41) is 20.4. The lowest BCUT2D eigenvalue weighted by atomic mass is 10.1. The summed E-state index contributed by atoms with van der Waals surface area (Å²) >= 11 is 0. The molecule has 0 fully saturated rings. The van der Waals surface area contributed by atoms with Crippen LogP contribution in [0.25, 0.3) is 0 Å². The van der Waals surface area contributed by atoms with E-state index in [-0.39, 0.29) is 18.1 Å². The summed E-state index contributed by atoms with van der Waals surface area (Å²) in [5.41, 5.74) is 0.791. The van der Waals surface area contributed by atoms with Crippen LogP contribution >= 0.6 is 0 Å². The molecule has 90 valence electrons. The monoisotopic (exact) mass is 232 g/mol. The average molecular weight is 232 g/mol. The van der Waals surface area contributed by atoms with Gasteiger partial charge in [0.05, 0.1) is 12.5 Å². The van der Waals surface area contributed by atoms with E-state index in [1.165, 1.54) is 0 Å². The molecule has 17 heavy (non-hydrogen) atoms. The summed E-state index contributed by atoms with van der Waals surface area (Å²) in [6.07, 6.45) is 2.43. The first-order valence-electron chi connectivity index (χ1n) is 5.64. The summed E-state index contributed by atoms with van der Waals surface area (Å²) in [5.74, 6) is 0.108. The van der Waals surface area contributed by atoms with E-state index in [4.69, 9.17) is 5.26 Å². The fourth-order valence-electron chi connectivity index (χ4n) is 1.47. The molecule has 0 heterocycles. The minimum Gasteiger partial charge on any atom is -0.508 e. The van der Waals surface area contributed by atoms with Gasteiger partial charge >= 0.3 is 0 Å². The number of hydrogen-bond donors (Lipinski definition) is 2. The normalized spacial score (nSPS) is 9.59. The number of benzene rings is 1. The molecule has 4 heteroatoms. The van der Waals surface area contributed by atoms with Gasteiger partial charge in [-0.1, -0.05) is 12.1 Å². The van der Waals surface area contributed by atoms with Crippen LogP contribution in [0.1, 0.15) is 24.8 Å². The molecule has 4 nitrogen and oxygen atoms in total. The van der Waals surface area contributed by atoms with Gasteiger partial charge in [0.25, 0.3) is 0 Å². The number of nitrogens with one attached hydrogen (secondary N) is 1. The van der Waals surface area contributed by atoms with Crippen LogP contribution in [0, 0.1) is 11.3 Å². The van der Waals surface area contributed by atoms with Crippen molar-refractivity contribution in [3.05, 3.63) is 29.8 Å². The first kappa shape index (κ1) is 13.0. The molecule has 0 radical (unpaired) electrons. The van der Waals surface area contributed by atoms with Crippen LogP contribution in [0.15, 0.2) is 24.3 Å². The van der Waals surface area contributed by atoms with Crippen molar-refractivity contribution in [1.82, 2.24) is 5.32 Å². The third-order valence-corrected chi connectivity index (χ3v) is 2.31. The Labute approximate surface area is 101 Å². The van der Waals surface area contributed by atoms with Gasteiger partial charge < -0.3 is 10.4 Å². The molecule has 0 saturated heterocycles. The van der Waals surface area contributed by atoms with E-state index >= 15 is 0 Å². The average Bonchev–Trinajstić information content (AvgIpc) is 2.29. The Morgan fingerprint density at radius 1 is 1.41 bits per heavy atom. The Hall–Kier alpha value is -2.02. The second kappa shape index (κ2) is 7.29. The Bertz CT molecular complexity index is 410. The zero-order valence-corrected chi connectivity index (χ0v) is 9.65. The summed E-state index contributed by atoms with van der Waals surface area (Å²) < 4.78 is 0. The maximum Gasteiger partial charge on any atom is 0.224 e. The first-order valence-corrected chi connectivity index (χ1v) is 5.64. The molecule has 0 atom stereocenters. The van der Waals surface area contributed by atoms with E-state index in [9.17, 15) is 9.90 Å². The Balaban J connectivity index is 2.23. The maximum absolute atomic E-state index is 11.5. The highest BCUT2D eigenvalue weighted by Gasteiger charge is 2.02. The zero-order chi connectivity index (χ0) is 12.5. The van der Waals surface area contributed by atoms with Gasteiger partial charge in [0.1, 0.15) is 5.75 Å². The third-order valence-electron chi connectivity index (χ3n) is 2.31. The number of rotatable bonds is 6. The zero-order valence-electron chi connectivity index (χ0n) is 9.65. The largest absolute Gasteiger partial charge is 0.508 e. The summed E-state index contributed by atoms with van der Waals surface area (Å²) in [4.78, 5) is 11.5. The van der Waals surface area contributed by atoms with E-state index < -0.39 is 0 Å². The molecule has 0 aliphatic rings. The molecule has 1 amide bonds. The minimum atomic E-state index is -0.0624. The molecule has 0 bridgehead atoms. The highest BCUT2D eigenvalue weighted by Crippen LogP contribution is 2.11. The predicted molar refractivity (Wildman–Crippen MR) is 64.3 cm³/mol. The molecule has 0 saturated carbocycles. The molecule has 2 N–H and O–H groups in total. The molecule has 1 rings (SSSR count). The van der Waals surface area contributed by atoms with Gasteiger partial charge in [-0.05, 0) is 30.5 Å². The van der Waals surface area contributed by atoms with Gasteiger partial charge in [-0.15, -0.1) is 0 Å². The second-order valence-corrected chi connectivity index (χ2v) is 3.81. The number of nitriles is 1. The fraction of sp³-hybridized carbons (Fsp3) is 0.385. The minimum absolute atomic E-state index is 0.0624. The number of carbonyl (C=O) groups excluding carboxylic acids is 1. The van der Waals surface area contributed by atoms with Crippen LogP contribution in [0.3, 0.4) is 0 Å². The van der Waals surface area contributed by atoms with Gasteiger partial charge in [0, 0.05) is 13.0 Å². The molecule has 0 aromatic heterocycles. The molecule has 1 aromatic carbocycles. The van der Waals surface area contributed by atoms with Crippen molar-refractivity contribution in [2.24, 2.45) is 0 Å². The van der Waals surface area contributed by atoms with Crippen molar-refractivity contribution in [3.63, 3.8) is 0 Å². The van der Waals surface area contributed by atoms with Crippen molar-refractivity contribution >= 4 is 5.91 Å². The SMILES string of the molecule is N#CCCCCNC(=O)Cc1cccc(O)c1. The predicted octanol–water partition coefficient (Wildman–Crippen LogP) is 1.74. The van der Waals surface area contributed by atoms with E-state index in [1.807, 2.05) is 0 Å². The van der Waals surface area contributed by atoms with E-state index in [1.54, 1.807) is 24.3 Å². The number of amides is 1. The van der Waals surface area contributed by atoms with Crippen molar-refractivity contribution in [3.8, 4) is 11.8 Å². The number of aromatic hydroxyl groups is 1. The third kappa shape index (κ3) is 5.57. The standard InChI is InChI=1S/C13H16N2O2/c14-7-2-1-3-8-15-13(17)10-11-5-4-6-12(16)9-11/h4-6,9,16H,1-3,8,10H2,(H,15,17). The summed E-state index contributed by atoms with van der Waals surface area (Å²) in [6, 6.07) is 8.73. The number of hydrogen-bond acceptors (Lipinski definition) is 3. The number of nitrogens with zero attached hydrogens (tertiary/aromatic N) is 1. The van der Waals surface area contributed by atoms with Gasteiger partial charge in [0.15, 0.2) is 0 Å². The summed E-state index contributed by atoms with van der Waals surface area (Å²) in [7, 11) is 0. The van der Waals surface area contributed by atoms with Crippen LogP contribution in [0.4, 0.5) is 0 Å². The van der Waals surface area contributed by atoms with E-state index in [2.05, 4.69) is 11.4 Å². The number of carbonyl (C=O) groups is 1. The molecule has 0 spiro atoms. The van der Waals surface area contributed by atoms with Crippen LogP contribution in [0.2, 0.25) is 0 Å². The van der Waals surface area contributed by atoms with Gasteiger partial charge in [-0.2, -0.15) is 5.26 Å². The fourth-order valence-corrected chi connectivity index (χ4v) is 1.47. The van der Waals surface area contributed by atoms with Gasteiger partial charge in [-0.25, -0.2) is 0 Å². The number of phenols is 1. The van der Waals surface area contributed by atoms with Crippen LogP contribution in [0.5, 0.6) is 5.75 Å². The van der Waals surface area contributed by atoms with Crippen LogP contribution in [-0.2, 0) is 11.2 Å². The van der Waals surface area contributed by atoms with Crippen LogP contribution < -0.4 is 5.32 Å². The Morgan fingerprint density at radius 3 is 2.94 bits per heavy atom. The topological polar surface area (TPSA) is 73.1 Å². The van der Waals surface area contributed by atoms with Crippen molar-refractivity contribution < 1.29 is 9.90 Å². The highest BCUT2D eigenvalue weighted by atomic mass is 16.3. The van der Waals surface area contributed by atoms with Crippen molar-refractivity contribution in [2.75, 3.05) is 6.54 Å². The van der Waals surface area contributed by atoms with E-state index in [0.717, 1.165) is 18.4 Å². The lowest BCUT2D eigenvalue weighted by Crippen LogP contribution is -2.26. The lowest BCUT2D eigenvalue weighted by Gasteiger charge is -2.04. The van der Waals surface area contributed by atoms with Gasteiger partial charge in [-0.3, -0.25) is 4.79 Å². The number of unbranched alkanes of at least 4 members (excludes halogenated alkanes) is 2. The smallest absolute Gasteiger partial charge is 0.224 e. The maximum atomic E-state index is 11.5. The molecular weight excluding hydrogens is 216 g/mol. The van der Waals surface area contributed by atoms with Gasteiger partial charge in [0.2, 0.25) is 5.91 Å². The Morgan fingerprint density at radius 2 is 2.24 bits per heavy atom. The second-order valence-electron chi connectivity index (χ2n) is 3.81. The van der Waals surface area contributed by atoms with Crippen LogP contribution in [-0.4, -0.2) is 17.6 Å². The Kier molecular flexibility index (Phi) is 5.59. The van der Waals surface area contributed by atoms with Crippen molar-refractivity contribution in [2.45, 2.75) is 25.7 Å².